The molecule has 0 aliphatic carbocycles. The zero-order valence-electron chi connectivity index (χ0n) is 11.5. The van der Waals surface area contributed by atoms with E-state index in [1.54, 1.807) is 0 Å². The van der Waals surface area contributed by atoms with Crippen molar-refractivity contribution in [2.75, 3.05) is 0 Å². The van der Waals surface area contributed by atoms with Crippen molar-refractivity contribution in [3.05, 3.63) is 0 Å². The molecular formula is C14H30O2. The van der Waals surface area contributed by atoms with Gasteiger partial charge in [0.1, 0.15) is 0 Å². The molecule has 0 heterocycles. The molecular weight excluding hydrogens is 200 g/mol. The molecule has 2 unspecified atom stereocenters. The summed E-state index contributed by atoms with van der Waals surface area (Å²) in [5.74, 6) is 0.355. The predicted octanol–water partition coefficient (Wildman–Crippen LogP) is 3.50. The summed E-state index contributed by atoms with van der Waals surface area (Å²) in [6.45, 7) is 7.96. The van der Waals surface area contributed by atoms with Crippen molar-refractivity contribution in [2.24, 2.45) is 5.92 Å². The highest BCUT2D eigenvalue weighted by Crippen LogP contribution is 2.22. The second-order valence-corrected chi connectivity index (χ2v) is 5.64. The van der Waals surface area contributed by atoms with Crippen molar-refractivity contribution >= 4 is 0 Å². The van der Waals surface area contributed by atoms with Crippen LogP contribution in [0, 0.1) is 5.92 Å². The summed E-state index contributed by atoms with van der Waals surface area (Å²) in [4.78, 5) is 0. The average Bonchev–Trinajstić information content (AvgIpc) is 2.16. The van der Waals surface area contributed by atoms with Gasteiger partial charge in [-0.05, 0) is 39.0 Å². The monoisotopic (exact) mass is 230 g/mol. The van der Waals surface area contributed by atoms with Crippen LogP contribution in [0.4, 0.5) is 0 Å². The van der Waals surface area contributed by atoms with E-state index in [0.29, 0.717) is 5.92 Å². The Balaban J connectivity index is 3.40. The molecule has 16 heavy (non-hydrogen) atoms. The molecule has 0 aliphatic rings. The highest BCUT2D eigenvalue weighted by Gasteiger charge is 2.21. The lowest BCUT2D eigenvalue weighted by molar-refractivity contribution is 0.0202. The lowest BCUT2D eigenvalue weighted by atomic mass is 9.88. The van der Waals surface area contributed by atoms with E-state index >= 15 is 0 Å². The van der Waals surface area contributed by atoms with Crippen LogP contribution in [0.3, 0.4) is 0 Å². The summed E-state index contributed by atoms with van der Waals surface area (Å²) >= 11 is 0. The van der Waals surface area contributed by atoms with E-state index in [9.17, 15) is 10.2 Å². The van der Waals surface area contributed by atoms with Crippen molar-refractivity contribution in [1.29, 1.82) is 0 Å². The molecule has 98 valence electrons. The van der Waals surface area contributed by atoms with Crippen LogP contribution >= 0.6 is 0 Å². The van der Waals surface area contributed by atoms with Crippen LogP contribution in [0.15, 0.2) is 0 Å². The first kappa shape index (κ1) is 15.9. The molecule has 2 atom stereocenters. The van der Waals surface area contributed by atoms with Gasteiger partial charge < -0.3 is 10.2 Å². The van der Waals surface area contributed by atoms with E-state index in [1.165, 1.54) is 6.42 Å². The maximum Gasteiger partial charge on any atom is 0.0617 e. The maximum atomic E-state index is 9.76. The highest BCUT2D eigenvalue weighted by molar-refractivity contribution is 4.73. The molecule has 2 nitrogen and oxygen atoms in total. The van der Waals surface area contributed by atoms with Crippen LogP contribution in [-0.2, 0) is 0 Å². The molecule has 0 aromatic rings. The minimum Gasteiger partial charge on any atom is -0.393 e. The Morgan fingerprint density at radius 2 is 1.56 bits per heavy atom. The van der Waals surface area contributed by atoms with Crippen molar-refractivity contribution in [2.45, 2.75) is 84.3 Å². The van der Waals surface area contributed by atoms with E-state index in [-0.39, 0.29) is 6.10 Å². The predicted molar refractivity (Wildman–Crippen MR) is 69.5 cm³/mol. The maximum absolute atomic E-state index is 9.76. The smallest absolute Gasteiger partial charge is 0.0617 e. The molecule has 0 radical (unpaired) electrons. The molecule has 2 heteroatoms. The fourth-order valence-corrected chi connectivity index (χ4v) is 1.84. The van der Waals surface area contributed by atoms with Gasteiger partial charge in [0.15, 0.2) is 0 Å². The van der Waals surface area contributed by atoms with E-state index in [4.69, 9.17) is 0 Å². The Bertz CT molecular complexity index is 161. The molecule has 0 aromatic heterocycles. The molecule has 0 bridgehead atoms. The fourth-order valence-electron chi connectivity index (χ4n) is 1.84. The Hall–Kier alpha value is -0.0800. The van der Waals surface area contributed by atoms with Crippen LogP contribution in [-0.4, -0.2) is 21.9 Å². The number of aliphatic hydroxyl groups is 2. The molecule has 0 aromatic carbocycles. The van der Waals surface area contributed by atoms with E-state index in [0.717, 1.165) is 38.5 Å². The van der Waals surface area contributed by atoms with Crippen molar-refractivity contribution < 1.29 is 10.2 Å². The van der Waals surface area contributed by atoms with Crippen LogP contribution in [0.5, 0.6) is 0 Å². The Labute approximate surface area is 101 Å². The number of aliphatic hydroxyl groups excluding tert-OH is 1. The Morgan fingerprint density at radius 3 is 2.06 bits per heavy atom. The third-order valence-corrected chi connectivity index (χ3v) is 3.50. The zero-order chi connectivity index (χ0) is 12.6. The van der Waals surface area contributed by atoms with E-state index in [1.807, 2.05) is 13.8 Å². The SMILES string of the molecule is CCCC(O)CCCCCC(C)C(C)(C)O. The Kier molecular flexibility index (Phi) is 8.04. The molecule has 0 rings (SSSR count). The summed E-state index contributed by atoms with van der Waals surface area (Å²) < 4.78 is 0. The Morgan fingerprint density at radius 1 is 1.00 bits per heavy atom. The molecule has 2 N–H and O–H groups in total. The second kappa shape index (κ2) is 8.08. The van der Waals surface area contributed by atoms with Gasteiger partial charge in [0.2, 0.25) is 0 Å². The van der Waals surface area contributed by atoms with Crippen LogP contribution < -0.4 is 0 Å². The molecule has 0 fully saturated rings. The number of unbranched alkanes of at least 4 members (excludes halogenated alkanes) is 2. The van der Waals surface area contributed by atoms with Crippen molar-refractivity contribution in [3.63, 3.8) is 0 Å². The normalized spacial score (nSPS) is 16.1. The number of hydrogen-bond acceptors (Lipinski definition) is 2. The second-order valence-electron chi connectivity index (χ2n) is 5.64. The summed E-state index contributed by atoms with van der Waals surface area (Å²) in [5.41, 5.74) is -0.554. The van der Waals surface area contributed by atoms with Gasteiger partial charge in [0.25, 0.3) is 0 Å². The van der Waals surface area contributed by atoms with Gasteiger partial charge in [-0.3, -0.25) is 0 Å². The van der Waals surface area contributed by atoms with Crippen LogP contribution in [0.25, 0.3) is 0 Å². The fraction of sp³-hybridized carbons (Fsp3) is 1.00. The van der Waals surface area contributed by atoms with Gasteiger partial charge in [-0.25, -0.2) is 0 Å². The lowest BCUT2D eigenvalue weighted by Crippen LogP contribution is -2.28. The van der Waals surface area contributed by atoms with Gasteiger partial charge in [-0.2, -0.15) is 0 Å². The van der Waals surface area contributed by atoms with Crippen molar-refractivity contribution in [3.8, 4) is 0 Å². The molecule has 0 saturated heterocycles. The summed E-state index contributed by atoms with van der Waals surface area (Å²) in [5, 5.41) is 19.3. The summed E-state index contributed by atoms with van der Waals surface area (Å²) in [6.07, 6.45) is 7.34. The topological polar surface area (TPSA) is 40.5 Å². The first-order chi connectivity index (χ1) is 7.38. The van der Waals surface area contributed by atoms with Gasteiger partial charge in [0.05, 0.1) is 11.7 Å². The minimum atomic E-state index is -0.554. The van der Waals surface area contributed by atoms with E-state index < -0.39 is 5.60 Å². The lowest BCUT2D eigenvalue weighted by Gasteiger charge is -2.25. The third kappa shape index (κ3) is 8.12. The van der Waals surface area contributed by atoms with Crippen LogP contribution in [0.1, 0.15) is 72.6 Å². The van der Waals surface area contributed by atoms with Gasteiger partial charge in [-0.1, -0.05) is 39.5 Å². The summed E-state index contributed by atoms with van der Waals surface area (Å²) in [6, 6.07) is 0. The minimum absolute atomic E-state index is 0.100. The van der Waals surface area contributed by atoms with Gasteiger partial charge in [-0.15, -0.1) is 0 Å². The summed E-state index contributed by atoms with van der Waals surface area (Å²) in [7, 11) is 0. The standard InChI is InChI=1S/C14H30O2/c1-5-9-13(15)11-8-6-7-10-12(2)14(3,4)16/h12-13,15-16H,5-11H2,1-4H3. The largest absolute Gasteiger partial charge is 0.393 e. The molecule has 0 amide bonds. The quantitative estimate of drug-likeness (QED) is 0.595. The third-order valence-electron chi connectivity index (χ3n) is 3.50. The number of rotatable bonds is 9. The average molecular weight is 230 g/mol. The number of hydrogen-bond donors (Lipinski definition) is 2. The van der Waals surface area contributed by atoms with Crippen molar-refractivity contribution in [1.82, 2.24) is 0 Å². The van der Waals surface area contributed by atoms with E-state index in [2.05, 4.69) is 13.8 Å². The van der Waals surface area contributed by atoms with Gasteiger partial charge in [0, 0.05) is 0 Å². The first-order valence-electron chi connectivity index (χ1n) is 6.78. The van der Waals surface area contributed by atoms with Crippen LogP contribution in [0.2, 0.25) is 0 Å². The molecule has 0 spiro atoms. The zero-order valence-corrected chi connectivity index (χ0v) is 11.5. The highest BCUT2D eigenvalue weighted by atomic mass is 16.3. The molecule has 0 aliphatic heterocycles. The molecule has 0 saturated carbocycles. The van der Waals surface area contributed by atoms with Gasteiger partial charge >= 0.3 is 0 Å². The first-order valence-corrected chi connectivity index (χ1v) is 6.78.